The first-order valence-corrected chi connectivity index (χ1v) is 8.18. The zero-order chi connectivity index (χ0) is 18.0. The number of likely N-dealkylation sites (N-methyl/N-ethyl adjacent to an activating group) is 1. The van der Waals surface area contributed by atoms with E-state index in [0.717, 1.165) is 37.2 Å². The normalized spacial score (nSPS) is 15.4. The van der Waals surface area contributed by atoms with Gasteiger partial charge in [-0.3, -0.25) is 4.79 Å². The number of carbonyl (C=O) groups excluding carboxylic acids is 1. The summed E-state index contributed by atoms with van der Waals surface area (Å²) in [5.41, 5.74) is 3.67. The Kier molecular flexibility index (Phi) is 4.95. The molecule has 1 aliphatic rings. The van der Waals surface area contributed by atoms with Crippen molar-refractivity contribution in [1.29, 1.82) is 0 Å². The molecule has 0 bridgehead atoms. The summed E-state index contributed by atoms with van der Waals surface area (Å²) in [5, 5.41) is 2.54. The molecular weight excluding hydrogens is 322 g/mol. The molecule has 2 aromatic carbocycles. The predicted molar refractivity (Wildman–Crippen MR) is 95.5 cm³/mol. The van der Waals surface area contributed by atoms with E-state index < -0.39 is 23.1 Å². The Morgan fingerprint density at radius 3 is 2.36 bits per heavy atom. The number of hydrogen-bond acceptors (Lipinski definition) is 2. The molecule has 0 spiro atoms. The molecule has 0 aliphatic carbocycles. The lowest BCUT2D eigenvalue weighted by molar-refractivity contribution is 0.101. The number of carbonyl (C=O) groups is 1. The van der Waals surface area contributed by atoms with Crippen LogP contribution in [-0.4, -0.2) is 30.9 Å². The van der Waals surface area contributed by atoms with E-state index in [2.05, 4.69) is 24.2 Å². The van der Waals surface area contributed by atoms with Gasteiger partial charge in [0, 0.05) is 18.8 Å². The van der Waals surface area contributed by atoms with Gasteiger partial charge in [-0.15, -0.1) is 0 Å². The summed E-state index contributed by atoms with van der Waals surface area (Å²) < 4.78 is 27.4. The fourth-order valence-electron chi connectivity index (χ4n) is 2.99. The van der Waals surface area contributed by atoms with Crippen molar-refractivity contribution < 1.29 is 13.6 Å². The topological polar surface area (TPSA) is 32.3 Å². The lowest BCUT2D eigenvalue weighted by atomic mass is 9.95. The molecule has 5 heteroatoms. The van der Waals surface area contributed by atoms with Crippen molar-refractivity contribution in [2.45, 2.75) is 13.3 Å². The van der Waals surface area contributed by atoms with Crippen molar-refractivity contribution in [2.24, 2.45) is 0 Å². The standard InChI is InChI=1S/C20H20F2N2O/c1-13-10-11-24(2)12-16(13)14-6-8-15(9-7-14)23-20(25)19-17(21)4-3-5-18(19)22/h3-9H,10-12H2,1-2H3,(H,23,25). The van der Waals surface area contributed by atoms with Gasteiger partial charge >= 0.3 is 0 Å². The third kappa shape index (κ3) is 3.77. The molecule has 3 rings (SSSR count). The Bertz CT molecular complexity index is 808. The molecule has 1 aliphatic heterocycles. The molecule has 3 nitrogen and oxygen atoms in total. The third-order valence-corrected chi connectivity index (χ3v) is 4.49. The number of benzene rings is 2. The minimum Gasteiger partial charge on any atom is -0.322 e. The van der Waals surface area contributed by atoms with Gasteiger partial charge in [0.2, 0.25) is 0 Å². The molecule has 1 amide bonds. The summed E-state index contributed by atoms with van der Waals surface area (Å²) in [4.78, 5) is 14.4. The van der Waals surface area contributed by atoms with Crippen molar-refractivity contribution in [2.75, 3.05) is 25.5 Å². The van der Waals surface area contributed by atoms with Gasteiger partial charge in [-0.05, 0) is 55.8 Å². The van der Waals surface area contributed by atoms with E-state index in [1.54, 1.807) is 12.1 Å². The van der Waals surface area contributed by atoms with E-state index in [-0.39, 0.29) is 0 Å². The van der Waals surface area contributed by atoms with Crippen LogP contribution in [0.15, 0.2) is 48.0 Å². The molecular formula is C20H20F2N2O. The minimum absolute atomic E-state index is 0.499. The zero-order valence-electron chi connectivity index (χ0n) is 14.3. The minimum atomic E-state index is -0.875. The second kappa shape index (κ2) is 7.15. The molecule has 130 valence electrons. The molecule has 0 saturated carbocycles. The molecule has 0 saturated heterocycles. The number of nitrogens with one attached hydrogen (secondary N) is 1. The highest BCUT2D eigenvalue weighted by atomic mass is 19.1. The molecule has 1 N–H and O–H groups in total. The molecule has 1 heterocycles. The number of amides is 1. The lowest BCUT2D eigenvalue weighted by Gasteiger charge is -2.26. The summed E-state index contributed by atoms with van der Waals surface area (Å²) in [5.74, 6) is -2.54. The Morgan fingerprint density at radius 1 is 1.08 bits per heavy atom. The van der Waals surface area contributed by atoms with E-state index in [9.17, 15) is 13.6 Å². The van der Waals surface area contributed by atoms with Crippen molar-refractivity contribution in [3.05, 3.63) is 70.8 Å². The second-order valence-corrected chi connectivity index (χ2v) is 6.37. The first kappa shape index (κ1) is 17.3. The van der Waals surface area contributed by atoms with Gasteiger partial charge in [0.05, 0.1) is 0 Å². The third-order valence-electron chi connectivity index (χ3n) is 4.49. The Hall–Kier alpha value is -2.53. The molecule has 0 radical (unpaired) electrons. The Morgan fingerprint density at radius 2 is 1.72 bits per heavy atom. The van der Waals surface area contributed by atoms with E-state index >= 15 is 0 Å². The average molecular weight is 342 g/mol. The molecule has 2 aromatic rings. The summed E-state index contributed by atoms with van der Waals surface area (Å²) in [6.07, 6.45) is 1.04. The van der Waals surface area contributed by atoms with Crippen molar-refractivity contribution >= 4 is 17.2 Å². The molecule has 0 fully saturated rings. The summed E-state index contributed by atoms with van der Waals surface area (Å²) in [6.45, 7) is 4.08. The van der Waals surface area contributed by atoms with Crippen LogP contribution in [-0.2, 0) is 0 Å². The van der Waals surface area contributed by atoms with Crippen molar-refractivity contribution in [3.63, 3.8) is 0 Å². The van der Waals surface area contributed by atoms with Gasteiger partial charge < -0.3 is 10.2 Å². The first-order valence-electron chi connectivity index (χ1n) is 8.18. The van der Waals surface area contributed by atoms with Crippen LogP contribution in [0.25, 0.3) is 5.57 Å². The van der Waals surface area contributed by atoms with Gasteiger partial charge in [0.1, 0.15) is 17.2 Å². The predicted octanol–water partition coefficient (Wildman–Crippen LogP) is 4.33. The van der Waals surface area contributed by atoms with E-state index in [4.69, 9.17) is 0 Å². The van der Waals surface area contributed by atoms with Crippen LogP contribution in [0.1, 0.15) is 29.3 Å². The van der Waals surface area contributed by atoms with Crippen molar-refractivity contribution in [3.8, 4) is 0 Å². The maximum absolute atomic E-state index is 13.7. The van der Waals surface area contributed by atoms with E-state index in [1.807, 2.05) is 12.1 Å². The second-order valence-electron chi connectivity index (χ2n) is 6.37. The smallest absolute Gasteiger partial charge is 0.261 e. The van der Waals surface area contributed by atoms with E-state index in [0.29, 0.717) is 5.69 Å². The number of halogens is 2. The van der Waals surface area contributed by atoms with Crippen molar-refractivity contribution in [1.82, 2.24) is 4.90 Å². The van der Waals surface area contributed by atoms with Crippen LogP contribution in [0.5, 0.6) is 0 Å². The fraction of sp³-hybridized carbons (Fsp3) is 0.250. The molecule has 0 aromatic heterocycles. The Balaban J connectivity index is 1.78. The highest BCUT2D eigenvalue weighted by Gasteiger charge is 2.18. The fourth-order valence-corrected chi connectivity index (χ4v) is 2.99. The van der Waals surface area contributed by atoms with Gasteiger partial charge in [0.15, 0.2) is 0 Å². The quantitative estimate of drug-likeness (QED) is 0.901. The van der Waals surface area contributed by atoms with Crippen LogP contribution in [0.2, 0.25) is 0 Å². The number of nitrogens with zero attached hydrogens (tertiary/aromatic N) is 1. The zero-order valence-corrected chi connectivity index (χ0v) is 14.3. The SMILES string of the molecule is CC1=C(c2ccc(NC(=O)c3c(F)cccc3F)cc2)CN(C)CC1. The average Bonchev–Trinajstić information content (AvgIpc) is 2.58. The summed E-state index contributed by atoms with van der Waals surface area (Å²) >= 11 is 0. The summed E-state index contributed by atoms with van der Waals surface area (Å²) in [6, 6.07) is 10.7. The first-order chi connectivity index (χ1) is 12.0. The van der Waals surface area contributed by atoms with Crippen LogP contribution >= 0.6 is 0 Å². The molecule has 0 atom stereocenters. The largest absolute Gasteiger partial charge is 0.322 e. The van der Waals surface area contributed by atoms with E-state index in [1.165, 1.54) is 17.2 Å². The lowest BCUT2D eigenvalue weighted by Crippen LogP contribution is -2.26. The monoisotopic (exact) mass is 342 g/mol. The van der Waals surface area contributed by atoms with Gasteiger partial charge in [-0.2, -0.15) is 0 Å². The highest BCUT2D eigenvalue weighted by molar-refractivity contribution is 6.04. The maximum Gasteiger partial charge on any atom is 0.261 e. The number of anilines is 1. The van der Waals surface area contributed by atoms with Gasteiger partial charge in [-0.25, -0.2) is 8.78 Å². The Labute approximate surface area is 146 Å². The van der Waals surface area contributed by atoms with Crippen LogP contribution in [0.4, 0.5) is 14.5 Å². The number of rotatable bonds is 3. The number of hydrogen-bond donors (Lipinski definition) is 1. The summed E-state index contributed by atoms with van der Waals surface area (Å²) in [7, 11) is 2.09. The highest BCUT2D eigenvalue weighted by Crippen LogP contribution is 2.27. The van der Waals surface area contributed by atoms with Crippen LogP contribution < -0.4 is 5.32 Å². The van der Waals surface area contributed by atoms with Crippen LogP contribution in [0.3, 0.4) is 0 Å². The molecule has 25 heavy (non-hydrogen) atoms. The van der Waals surface area contributed by atoms with Gasteiger partial charge in [-0.1, -0.05) is 23.8 Å². The van der Waals surface area contributed by atoms with Crippen LogP contribution in [0, 0.1) is 11.6 Å². The van der Waals surface area contributed by atoms with Gasteiger partial charge in [0.25, 0.3) is 5.91 Å². The molecule has 0 unspecified atom stereocenters. The maximum atomic E-state index is 13.7.